The number of rotatable bonds is 4. The van der Waals surface area contributed by atoms with Gasteiger partial charge >= 0.3 is 0 Å². The summed E-state index contributed by atoms with van der Waals surface area (Å²) in [7, 11) is 0. The van der Waals surface area contributed by atoms with Crippen LogP contribution in [0.5, 0.6) is 0 Å². The van der Waals surface area contributed by atoms with Crippen LogP contribution in [-0.4, -0.2) is 0 Å². The Balaban J connectivity index is 1.73. The molecule has 24 heavy (non-hydrogen) atoms. The van der Waals surface area contributed by atoms with E-state index in [9.17, 15) is 0 Å². The summed E-state index contributed by atoms with van der Waals surface area (Å²) in [4.78, 5) is 0. The second-order valence-electron chi connectivity index (χ2n) is 6.30. The van der Waals surface area contributed by atoms with Crippen LogP contribution < -0.4 is 0 Å². The van der Waals surface area contributed by atoms with Crippen molar-refractivity contribution in [1.82, 2.24) is 0 Å². The van der Waals surface area contributed by atoms with Crippen LogP contribution in [0.4, 0.5) is 0 Å². The van der Waals surface area contributed by atoms with E-state index >= 15 is 0 Å². The summed E-state index contributed by atoms with van der Waals surface area (Å²) in [5.41, 5.74) is 2.71. The number of hydrogen-bond acceptors (Lipinski definition) is 0. The van der Waals surface area contributed by atoms with Crippen molar-refractivity contribution in [3.05, 3.63) is 109 Å². The lowest BCUT2D eigenvalue weighted by Crippen LogP contribution is -2.01. The van der Waals surface area contributed by atoms with E-state index in [1.807, 2.05) is 0 Å². The van der Waals surface area contributed by atoms with Gasteiger partial charge in [-0.15, -0.1) is 6.58 Å². The molecule has 0 aliphatic carbocycles. The van der Waals surface area contributed by atoms with E-state index in [4.69, 9.17) is 0 Å². The van der Waals surface area contributed by atoms with E-state index in [-0.39, 0.29) is 0 Å². The Hall–Kier alpha value is -2.86. The minimum Gasteiger partial charge on any atom is -0.102 e. The molecule has 0 radical (unpaired) electrons. The van der Waals surface area contributed by atoms with Crippen molar-refractivity contribution < 1.29 is 0 Å². The predicted molar refractivity (Wildman–Crippen MR) is 105 cm³/mol. The predicted octanol–water partition coefficient (Wildman–Crippen LogP) is 6.51. The fourth-order valence-electron chi connectivity index (χ4n) is 3.51. The van der Waals surface area contributed by atoms with Gasteiger partial charge in [0.15, 0.2) is 0 Å². The van der Waals surface area contributed by atoms with Gasteiger partial charge in [0, 0.05) is 5.92 Å². The minimum absolute atomic E-state index is 0.317. The highest BCUT2D eigenvalue weighted by atomic mass is 14.2. The van der Waals surface area contributed by atoms with E-state index in [0.29, 0.717) is 5.92 Å². The Kier molecular flexibility index (Phi) is 3.88. The van der Waals surface area contributed by atoms with Gasteiger partial charge in [-0.1, -0.05) is 91.0 Å². The summed E-state index contributed by atoms with van der Waals surface area (Å²) in [5.74, 6) is 0.317. The standard InChI is InChI=1S/C24H20/c1-2-19(23-13-7-11-21-9-5-6-12-24(21)23)16-18-14-15-20-8-3-4-10-22(20)17-18/h2-15,17,19H,1,16H2. The molecule has 4 rings (SSSR count). The first-order valence-corrected chi connectivity index (χ1v) is 8.43. The van der Waals surface area contributed by atoms with Gasteiger partial charge in [-0.05, 0) is 39.1 Å². The maximum absolute atomic E-state index is 4.10. The van der Waals surface area contributed by atoms with Crippen molar-refractivity contribution in [2.75, 3.05) is 0 Å². The van der Waals surface area contributed by atoms with Crippen LogP contribution in [0.1, 0.15) is 17.0 Å². The lowest BCUT2D eigenvalue weighted by molar-refractivity contribution is 0.847. The molecule has 0 saturated carbocycles. The van der Waals surface area contributed by atoms with E-state index in [1.165, 1.54) is 32.7 Å². The average Bonchev–Trinajstić information content (AvgIpc) is 2.65. The first kappa shape index (κ1) is 14.7. The number of benzene rings is 4. The van der Waals surface area contributed by atoms with E-state index in [2.05, 4.69) is 97.6 Å². The average molecular weight is 308 g/mol. The number of fused-ring (bicyclic) bond motifs is 2. The lowest BCUT2D eigenvalue weighted by atomic mass is 9.88. The Morgan fingerprint density at radius 2 is 1.42 bits per heavy atom. The van der Waals surface area contributed by atoms with Gasteiger partial charge < -0.3 is 0 Å². The molecule has 0 bridgehead atoms. The molecule has 0 fully saturated rings. The molecule has 0 nitrogen and oxygen atoms in total. The molecule has 116 valence electrons. The SMILES string of the molecule is C=CC(Cc1ccc2ccccc2c1)c1cccc2ccccc12. The van der Waals surface area contributed by atoms with Crippen LogP contribution in [0.15, 0.2) is 97.6 Å². The highest BCUT2D eigenvalue weighted by Gasteiger charge is 2.12. The summed E-state index contributed by atoms with van der Waals surface area (Å²) in [6.07, 6.45) is 3.05. The van der Waals surface area contributed by atoms with Crippen molar-refractivity contribution in [2.24, 2.45) is 0 Å². The normalized spacial score (nSPS) is 12.3. The number of hydrogen-bond donors (Lipinski definition) is 0. The van der Waals surface area contributed by atoms with Crippen molar-refractivity contribution in [2.45, 2.75) is 12.3 Å². The van der Waals surface area contributed by atoms with E-state index < -0.39 is 0 Å². The highest BCUT2D eigenvalue weighted by Crippen LogP contribution is 2.30. The molecular weight excluding hydrogens is 288 g/mol. The van der Waals surface area contributed by atoms with Gasteiger partial charge in [0.2, 0.25) is 0 Å². The van der Waals surface area contributed by atoms with Crippen LogP contribution in [0.2, 0.25) is 0 Å². The molecule has 0 saturated heterocycles. The molecule has 0 aliphatic rings. The van der Waals surface area contributed by atoms with Crippen LogP contribution in [0.25, 0.3) is 21.5 Å². The third-order valence-electron chi connectivity index (χ3n) is 4.78. The van der Waals surface area contributed by atoms with Crippen LogP contribution in [0.3, 0.4) is 0 Å². The van der Waals surface area contributed by atoms with Crippen LogP contribution in [-0.2, 0) is 6.42 Å². The molecule has 4 aromatic carbocycles. The summed E-state index contributed by atoms with van der Waals surface area (Å²) in [6, 6.07) is 30.4. The fourth-order valence-corrected chi connectivity index (χ4v) is 3.51. The molecule has 0 heterocycles. The zero-order valence-electron chi connectivity index (χ0n) is 13.7. The molecule has 0 heteroatoms. The van der Waals surface area contributed by atoms with Crippen molar-refractivity contribution in [1.29, 1.82) is 0 Å². The molecule has 4 aromatic rings. The Bertz CT molecular complexity index is 1010. The van der Waals surface area contributed by atoms with E-state index in [1.54, 1.807) is 0 Å². The van der Waals surface area contributed by atoms with Crippen molar-refractivity contribution in [3.63, 3.8) is 0 Å². The molecule has 1 unspecified atom stereocenters. The maximum Gasteiger partial charge on any atom is 0.00618 e. The Morgan fingerprint density at radius 1 is 0.708 bits per heavy atom. The number of allylic oxidation sites excluding steroid dienone is 1. The minimum atomic E-state index is 0.317. The summed E-state index contributed by atoms with van der Waals surface area (Å²) in [6.45, 7) is 4.10. The van der Waals surface area contributed by atoms with Crippen LogP contribution >= 0.6 is 0 Å². The summed E-state index contributed by atoms with van der Waals surface area (Å²) < 4.78 is 0. The quantitative estimate of drug-likeness (QED) is 0.377. The van der Waals surface area contributed by atoms with Gasteiger partial charge in [-0.2, -0.15) is 0 Å². The van der Waals surface area contributed by atoms with Gasteiger partial charge in [-0.3, -0.25) is 0 Å². The molecular formula is C24H20. The zero-order chi connectivity index (χ0) is 16.4. The summed E-state index contributed by atoms with van der Waals surface area (Å²) in [5, 5.41) is 5.21. The van der Waals surface area contributed by atoms with Crippen LogP contribution in [0, 0.1) is 0 Å². The van der Waals surface area contributed by atoms with Gasteiger partial charge in [0.1, 0.15) is 0 Å². The first-order chi connectivity index (χ1) is 11.8. The highest BCUT2D eigenvalue weighted by molar-refractivity contribution is 5.86. The van der Waals surface area contributed by atoms with E-state index in [0.717, 1.165) is 6.42 Å². The zero-order valence-corrected chi connectivity index (χ0v) is 13.7. The van der Waals surface area contributed by atoms with Gasteiger partial charge in [0.05, 0.1) is 0 Å². The molecule has 0 aromatic heterocycles. The third-order valence-corrected chi connectivity index (χ3v) is 4.78. The van der Waals surface area contributed by atoms with Crippen molar-refractivity contribution in [3.8, 4) is 0 Å². The third kappa shape index (κ3) is 2.72. The lowest BCUT2D eigenvalue weighted by Gasteiger charge is -2.16. The smallest absolute Gasteiger partial charge is 0.00618 e. The summed E-state index contributed by atoms with van der Waals surface area (Å²) >= 11 is 0. The molecule has 0 amide bonds. The fraction of sp³-hybridized carbons (Fsp3) is 0.0833. The second kappa shape index (κ2) is 6.33. The van der Waals surface area contributed by atoms with Gasteiger partial charge in [0.25, 0.3) is 0 Å². The van der Waals surface area contributed by atoms with Crippen molar-refractivity contribution >= 4 is 21.5 Å². The monoisotopic (exact) mass is 308 g/mol. The maximum atomic E-state index is 4.10. The second-order valence-corrected chi connectivity index (χ2v) is 6.30. The molecule has 0 spiro atoms. The first-order valence-electron chi connectivity index (χ1n) is 8.43. The Morgan fingerprint density at radius 3 is 2.25 bits per heavy atom. The topological polar surface area (TPSA) is 0 Å². The largest absolute Gasteiger partial charge is 0.102 e. The molecule has 0 N–H and O–H groups in total. The molecule has 1 atom stereocenters. The molecule has 0 aliphatic heterocycles. The van der Waals surface area contributed by atoms with Gasteiger partial charge in [-0.25, -0.2) is 0 Å². The Labute approximate surface area is 143 Å².